The molecule has 0 saturated carbocycles. The first-order chi connectivity index (χ1) is 5.31. The van der Waals surface area contributed by atoms with Gasteiger partial charge in [0.15, 0.2) is 0 Å². The molecule has 1 atom stereocenters. The van der Waals surface area contributed by atoms with Gasteiger partial charge in [-0.3, -0.25) is 0 Å². The van der Waals surface area contributed by atoms with E-state index in [1.807, 2.05) is 6.92 Å². The molecule has 0 N–H and O–H groups in total. The van der Waals surface area contributed by atoms with E-state index in [4.69, 9.17) is 0 Å². The molecule has 0 aliphatic rings. The second-order valence-electron chi connectivity index (χ2n) is 2.56. The minimum Gasteiger partial charge on any atom is -0.107 e. The quantitative estimate of drug-likeness (QED) is 0.417. The van der Waals surface area contributed by atoms with Crippen molar-refractivity contribution in [1.82, 2.24) is 0 Å². The average molecular weight is 148 g/mol. The molecule has 0 aromatic carbocycles. The Morgan fingerprint density at radius 2 is 1.82 bits per heavy atom. The highest BCUT2D eigenvalue weighted by Gasteiger charge is 1.87. The highest BCUT2D eigenvalue weighted by atomic mass is 13.9. The van der Waals surface area contributed by atoms with E-state index in [0.717, 1.165) is 19.3 Å². The maximum absolute atomic E-state index is 3.17. The van der Waals surface area contributed by atoms with Crippen molar-refractivity contribution in [3.05, 3.63) is 0 Å². The molecule has 0 aliphatic carbocycles. The smallest absolute Gasteiger partial charge is 0.0199 e. The van der Waals surface area contributed by atoms with E-state index in [2.05, 4.69) is 37.5 Å². The molecule has 0 saturated heterocycles. The molecule has 0 heteroatoms. The van der Waals surface area contributed by atoms with Gasteiger partial charge in [0.05, 0.1) is 0 Å². The summed E-state index contributed by atoms with van der Waals surface area (Å²) in [5, 5.41) is 0. The normalized spacial score (nSPS) is 10.5. The predicted octanol–water partition coefficient (Wildman–Crippen LogP) is 2.84. The molecule has 0 amide bonds. The summed E-state index contributed by atoms with van der Waals surface area (Å²) in [6.07, 6.45) is 2.98. The van der Waals surface area contributed by atoms with E-state index in [-0.39, 0.29) is 0 Å². The van der Waals surface area contributed by atoms with Gasteiger partial charge in [0.2, 0.25) is 0 Å². The number of rotatable bonds is 2. The molecular formula is C11H16. The van der Waals surface area contributed by atoms with Crippen molar-refractivity contribution < 1.29 is 0 Å². The molecule has 0 aromatic heterocycles. The summed E-state index contributed by atoms with van der Waals surface area (Å²) in [5.41, 5.74) is 0. The Labute approximate surface area is 70.4 Å². The highest BCUT2D eigenvalue weighted by Crippen LogP contribution is 1.97. The molecule has 0 rings (SSSR count). The molecule has 0 radical (unpaired) electrons. The number of unbranched alkanes of at least 4 members (excludes halogenated alkanes) is 1. The summed E-state index contributed by atoms with van der Waals surface area (Å²) < 4.78 is 0. The molecular weight excluding hydrogens is 132 g/mol. The highest BCUT2D eigenvalue weighted by molar-refractivity contribution is 5.05. The molecule has 0 aliphatic heterocycles. The van der Waals surface area contributed by atoms with Crippen LogP contribution in [0.25, 0.3) is 0 Å². The fourth-order valence-corrected chi connectivity index (χ4v) is 0.598. The Hall–Kier alpha value is -0.880. The van der Waals surface area contributed by atoms with Gasteiger partial charge in [-0.2, -0.15) is 0 Å². The van der Waals surface area contributed by atoms with Gasteiger partial charge < -0.3 is 0 Å². The first-order valence-electron chi connectivity index (χ1n) is 4.19. The molecule has 11 heavy (non-hydrogen) atoms. The summed E-state index contributed by atoms with van der Waals surface area (Å²) in [5.74, 6) is 12.7. The van der Waals surface area contributed by atoms with E-state index in [1.165, 1.54) is 0 Å². The average Bonchev–Trinajstić information content (AvgIpc) is 2.04. The maximum atomic E-state index is 3.17. The van der Waals surface area contributed by atoms with Crippen LogP contribution in [-0.2, 0) is 0 Å². The lowest BCUT2D eigenvalue weighted by atomic mass is 10.1. The zero-order valence-electron chi connectivity index (χ0n) is 7.70. The zero-order chi connectivity index (χ0) is 8.53. The third kappa shape index (κ3) is 7.01. The molecule has 1 unspecified atom stereocenters. The Kier molecular flexibility index (Phi) is 6.65. The van der Waals surface area contributed by atoms with Crippen molar-refractivity contribution in [3.63, 3.8) is 0 Å². The van der Waals surface area contributed by atoms with Crippen molar-refractivity contribution in [1.29, 1.82) is 0 Å². The summed E-state index contributed by atoms with van der Waals surface area (Å²) in [4.78, 5) is 0. The van der Waals surface area contributed by atoms with Crippen LogP contribution >= 0.6 is 0 Å². The summed E-state index contributed by atoms with van der Waals surface area (Å²) >= 11 is 0. The Morgan fingerprint density at radius 3 is 2.36 bits per heavy atom. The SMILES string of the molecule is CC#CCCC#CC(C)CC. The summed E-state index contributed by atoms with van der Waals surface area (Å²) in [6, 6.07) is 0. The standard InChI is InChI=1S/C11H16/c1-4-6-7-8-9-10-11(3)5-2/h11H,5,7-8H2,1-3H3. The molecule has 0 aromatic rings. The fraction of sp³-hybridized carbons (Fsp3) is 0.636. The third-order valence-corrected chi connectivity index (χ3v) is 1.51. The van der Waals surface area contributed by atoms with Gasteiger partial charge in [-0.15, -0.1) is 23.7 Å². The molecule has 0 bridgehead atoms. The largest absolute Gasteiger partial charge is 0.107 e. The lowest BCUT2D eigenvalue weighted by Gasteiger charge is -1.93. The van der Waals surface area contributed by atoms with Gasteiger partial charge in [0.25, 0.3) is 0 Å². The van der Waals surface area contributed by atoms with Crippen LogP contribution < -0.4 is 0 Å². The van der Waals surface area contributed by atoms with Crippen molar-refractivity contribution in [2.75, 3.05) is 0 Å². The Morgan fingerprint density at radius 1 is 1.18 bits per heavy atom. The second-order valence-corrected chi connectivity index (χ2v) is 2.56. The molecule has 0 fully saturated rings. The third-order valence-electron chi connectivity index (χ3n) is 1.51. The van der Waals surface area contributed by atoms with Crippen molar-refractivity contribution in [3.8, 4) is 23.7 Å². The molecule has 0 nitrogen and oxygen atoms in total. The second kappa shape index (κ2) is 7.23. The van der Waals surface area contributed by atoms with E-state index in [0.29, 0.717) is 5.92 Å². The maximum Gasteiger partial charge on any atom is 0.0199 e. The van der Waals surface area contributed by atoms with Gasteiger partial charge in [0.1, 0.15) is 0 Å². The molecule has 60 valence electrons. The lowest BCUT2D eigenvalue weighted by Crippen LogP contribution is -1.84. The van der Waals surface area contributed by atoms with Crippen LogP contribution in [0.3, 0.4) is 0 Å². The molecule has 0 heterocycles. The van der Waals surface area contributed by atoms with E-state index in [1.54, 1.807) is 0 Å². The minimum atomic E-state index is 0.546. The van der Waals surface area contributed by atoms with Crippen LogP contribution in [0.15, 0.2) is 0 Å². The predicted molar refractivity (Wildman–Crippen MR) is 49.9 cm³/mol. The van der Waals surface area contributed by atoms with Gasteiger partial charge in [-0.25, -0.2) is 0 Å². The van der Waals surface area contributed by atoms with Crippen LogP contribution in [0.1, 0.15) is 40.0 Å². The number of hydrogen-bond donors (Lipinski definition) is 0. The first-order valence-corrected chi connectivity index (χ1v) is 4.19. The first kappa shape index (κ1) is 10.1. The van der Waals surface area contributed by atoms with Crippen LogP contribution in [0.5, 0.6) is 0 Å². The van der Waals surface area contributed by atoms with Crippen molar-refractivity contribution in [2.45, 2.75) is 40.0 Å². The fourth-order valence-electron chi connectivity index (χ4n) is 0.598. The number of hydrogen-bond acceptors (Lipinski definition) is 0. The monoisotopic (exact) mass is 148 g/mol. The van der Waals surface area contributed by atoms with E-state index in [9.17, 15) is 0 Å². The Bertz CT molecular complexity index is 192. The van der Waals surface area contributed by atoms with Gasteiger partial charge in [-0.1, -0.05) is 13.8 Å². The summed E-state index contributed by atoms with van der Waals surface area (Å²) in [7, 11) is 0. The van der Waals surface area contributed by atoms with Gasteiger partial charge >= 0.3 is 0 Å². The van der Waals surface area contributed by atoms with Crippen LogP contribution in [-0.4, -0.2) is 0 Å². The summed E-state index contributed by atoms with van der Waals surface area (Å²) in [6.45, 7) is 6.17. The minimum absolute atomic E-state index is 0.546. The van der Waals surface area contributed by atoms with Crippen LogP contribution in [0, 0.1) is 29.6 Å². The molecule has 0 spiro atoms. The zero-order valence-corrected chi connectivity index (χ0v) is 7.70. The van der Waals surface area contributed by atoms with E-state index >= 15 is 0 Å². The topological polar surface area (TPSA) is 0 Å². The Balaban J connectivity index is 3.44. The van der Waals surface area contributed by atoms with Gasteiger partial charge in [0, 0.05) is 18.8 Å². The van der Waals surface area contributed by atoms with Crippen molar-refractivity contribution >= 4 is 0 Å². The van der Waals surface area contributed by atoms with Gasteiger partial charge in [-0.05, 0) is 13.3 Å². The van der Waals surface area contributed by atoms with E-state index < -0.39 is 0 Å². The van der Waals surface area contributed by atoms with Crippen LogP contribution in [0.2, 0.25) is 0 Å². The lowest BCUT2D eigenvalue weighted by molar-refractivity contribution is 0.722. The van der Waals surface area contributed by atoms with Crippen LogP contribution in [0.4, 0.5) is 0 Å². The van der Waals surface area contributed by atoms with Crippen molar-refractivity contribution in [2.24, 2.45) is 5.92 Å².